The molecule has 0 fully saturated rings. The summed E-state index contributed by atoms with van der Waals surface area (Å²) in [6.45, 7) is -0.0795. The SMILES string of the molecule is COc1ccc(NC(N)=NCC(=O)Nc2cccnc2)cc1.I. The Bertz CT molecular complexity index is 647. The zero-order valence-electron chi connectivity index (χ0n) is 12.5. The topological polar surface area (TPSA) is 102 Å². The van der Waals surface area contributed by atoms with Gasteiger partial charge in [0.1, 0.15) is 12.3 Å². The zero-order chi connectivity index (χ0) is 15.8. The van der Waals surface area contributed by atoms with Gasteiger partial charge in [-0.25, -0.2) is 4.99 Å². The number of aromatic nitrogens is 1. The van der Waals surface area contributed by atoms with Gasteiger partial charge in [0.25, 0.3) is 0 Å². The van der Waals surface area contributed by atoms with Gasteiger partial charge in [0.05, 0.1) is 19.0 Å². The molecule has 7 nitrogen and oxygen atoms in total. The second kappa shape index (κ2) is 9.62. The number of guanidine groups is 1. The number of amides is 1. The number of pyridine rings is 1. The highest BCUT2D eigenvalue weighted by molar-refractivity contribution is 14.0. The minimum Gasteiger partial charge on any atom is -0.497 e. The number of aliphatic imine (C=N–C) groups is 1. The minimum absolute atomic E-state index is 0. The third-order valence-corrected chi connectivity index (χ3v) is 2.70. The predicted octanol–water partition coefficient (Wildman–Crippen LogP) is 2.07. The number of nitrogens with zero attached hydrogens (tertiary/aromatic N) is 2. The fraction of sp³-hybridized carbons (Fsp3) is 0.133. The molecule has 0 aliphatic carbocycles. The van der Waals surface area contributed by atoms with Gasteiger partial charge in [-0.3, -0.25) is 9.78 Å². The van der Waals surface area contributed by atoms with E-state index in [2.05, 4.69) is 20.6 Å². The molecule has 0 saturated heterocycles. The molecule has 0 aliphatic heterocycles. The van der Waals surface area contributed by atoms with Crippen LogP contribution in [0.25, 0.3) is 0 Å². The van der Waals surface area contributed by atoms with Crippen molar-refractivity contribution in [2.45, 2.75) is 0 Å². The van der Waals surface area contributed by atoms with E-state index < -0.39 is 0 Å². The summed E-state index contributed by atoms with van der Waals surface area (Å²) in [5.41, 5.74) is 7.11. The molecule has 0 aliphatic rings. The van der Waals surface area contributed by atoms with Crippen molar-refractivity contribution in [3.63, 3.8) is 0 Å². The molecule has 0 bridgehead atoms. The Hall–Kier alpha value is -2.36. The summed E-state index contributed by atoms with van der Waals surface area (Å²) >= 11 is 0. The van der Waals surface area contributed by atoms with Crippen molar-refractivity contribution >= 4 is 47.2 Å². The number of carbonyl (C=O) groups is 1. The monoisotopic (exact) mass is 427 g/mol. The number of nitrogens with one attached hydrogen (secondary N) is 2. The fourth-order valence-electron chi connectivity index (χ4n) is 1.66. The van der Waals surface area contributed by atoms with Crippen LogP contribution in [0.3, 0.4) is 0 Å². The van der Waals surface area contributed by atoms with E-state index in [1.54, 1.807) is 55.9 Å². The van der Waals surface area contributed by atoms with Gasteiger partial charge >= 0.3 is 0 Å². The van der Waals surface area contributed by atoms with Crippen molar-refractivity contribution in [3.05, 3.63) is 48.8 Å². The number of benzene rings is 1. The molecule has 1 aromatic heterocycles. The lowest BCUT2D eigenvalue weighted by Gasteiger charge is -2.07. The lowest BCUT2D eigenvalue weighted by Crippen LogP contribution is -2.25. The summed E-state index contributed by atoms with van der Waals surface area (Å²) in [7, 11) is 1.60. The maximum atomic E-state index is 11.7. The molecular formula is C15H18IN5O2. The molecule has 1 amide bonds. The number of halogens is 1. The summed E-state index contributed by atoms with van der Waals surface area (Å²) in [6, 6.07) is 10.7. The van der Waals surface area contributed by atoms with E-state index in [0.29, 0.717) is 5.69 Å². The predicted molar refractivity (Wildman–Crippen MR) is 101 cm³/mol. The van der Waals surface area contributed by atoms with Crippen LogP contribution in [0.5, 0.6) is 5.75 Å². The van der Waals surface area contributed by atoms with E-state index in [1.165, 1.54) is 0 Å². The van der Waals surface area contributed by atoms with Crippen LogP contribution in [0, 0.1) is 0 Å². The highest BCUT2D eigenvalue weighted by Crippen LogP contribution is 2.14. The number of carbonyl (C=O) groups excluding carboxylic acids is 1. The molecule has 23 heavy (non-hydrogen) atoms. The van der Waals surface area contributed by atoms with E-state index in [4.69, 9.17) is 10.5 Å². The number of methoxy groups -OCH3 is 1. The van der Waals surface area contributed by atoms with Gasteiger partial charge in [0, 0.05) is 11.9 Å². The van der Waals surface area contributed by atoms with Crippen LogP contribution < -0.4 is 21.1 Å². The molecule has 8 heteroatoms. The molecule has 1 heterocycles. The molecule has 0 unspecified atom stereocenters. The van der Waals surface area contributed by atoms with Gasteiger partial charge in [-0.2, -0.15) is 0 Å². The summed E-state index contributed by atoms with van der Waals surface area (Å²) in [5.74, 6) is 0.635. The van der Waals surface area contributed by atoms with Gasteiger partial charge < -0.3 is 21.1 Å². The van der Waals surface area contributed by atoms with Crippen LogP contribution in [-0.2, 0) is 4.79 Å². The Morgan fingerprint density at radius 1 is 1.22 bits per heavy atom. The molecule has 0 saturated carbocycles. The Morgan fingerprint density at radius 3 is 2.57 bits per heavy atom. The molecule has 4 N–H and O–H groups in total. The maximum absolute atomic E-state index is 11.7. The number of hydrogen-bond donors (Lipinski definition) is 3. The molecule has 1 aromatic carbocycles. The largest absolute Gasteiger partial charge is 0.497 e. The molecule has 2 aromatic rings. The summed E-state index contributed by atoms with van der Waals surface area (Å²) < 4.78 is 5.06. The second-order valence-corrected chi connectivity index (χ2v) is 4.34. The molecule has 0 spiro atoms. The molecule has 0 atom stereocenters. The average Bonchev–Trinajstić information content (AvgIpc) is 2.55. The van der Waals surface area contributed by atoms with E-state index in [-0.39, 0.29) is 42.4 Å². The van der Waals surface area contributed by atoms with Crippen LogP contribution in [0.2, 0.25) is 0 Å². The van der Waals surface area contributed by atoms with Crippen LogP contribution >= 0.6 is 24.0 Å². The first-order valence-corrected chi connectivity index (χ1v) is 6.58. The van der Waals surface area contributed by atoms with Crippen molar-refractivity contribution in [3.8, 4) is 5.75 Å². The summed E-state index contributed by atoms with van der Waals surface area (Å²) in [6.07, 6.45) is 3.19. The van der Waals surface area contributed by atoms with Crippen molar-refractivity contribution < 1.29 is 9.53 Å². The third-order valence-electron chi connectivity index (χ3n) is 2.70. The van der Waals surface area contributed by atoms with Gasteiger partial charge in [0.15, 0.2) is 5.96 Å². The highest BCUT2D eigenvalue weighted by Gasteiger charge is 2.02. The summed E-state index contributed by atoms with van der Waals surface area (Å²) in [5, 5.41) is 5.56. The maximum Gasteiger partial charge on any atom is 0.246 e. The van der Waals surface area contributed by atoms with E-state index in [1.807, 2.05) is 0 Å². The standard InChI is InChI=1S/C15H17N5O2.HI/c1-22-13-6-4-11(5-7-13)20-15(16)18-10-14(21)19-12-3-2-8-17-9-12;/h2-9H,10H2,1H3,(H,19,21)(H3,16,18,20);1H. The summed E-state index contributed by atoms with van der Waals surface area (Å²) in [4.78, 5) is 19.6. The molecule has 122 valence electrons. The lowest BCUT2D eigenvalue weighted by molar-refractivity contribution is -0.114. The molecule has 2 rings (SSSR count). The second-order valence-electron chi connectivity index (χ2n) is 4.34. The quantitative estimate of drug-likeness (QED) is 0.385. The van der Waals surface area contributed by atoms with Crippen molar-refractivity contribution in [2.24, 2.45) is 10.7 Å². The lowest BCUT2D eigenvalue weighted by atomic mass is 10.3. The van der Waals surface area contributed by atoms with Crippen LogP contribution in [0.15, 0.2) is 53.8 Å². The zero-order valence-corrected chi connectivity index (χ0v) is 14.9. The Balaban J connectivity index is 0.00000264. The Morgan fingerprint density at radius 2 is 1.96 bits per heavy atom. The third kappa shape index (κ3) is 6.51. The number of anilines is 2. The van der Waals surface area contributed by atoms with Gasteiger partial charge in [0.2, 0.25) is 5.91 Å². The molecular weight excluding hydrogens is 409 g/mol. The van der Waals surface area contributed by atoms with Gasteiger partial charge in [-0.15, -0.1) is 24.0 Å². The number of ether oxygens (including phenoxy) is 1. The van der Waals surface area contributed by atoms with Crippen molar-refractivity contribution in [1.82, 2.24) is 4.98 Å². The number of rotatable bonds is 5. The van der Waals surface area contributed by atoms with Crippen LogP contribution in [0.4, 0.5) is 11.4 Å². The van der Waals surface area contributed by atoms with Crippen molar-refractivity contribution in [2.75, 3.05) is 24.3 Å². The average molecular weight is 427 g/mol. The fourth-order valence-corrected chi connectivity index (χ4v) is 1.66. The normalized spacial score (nSPS) is 10.4. The first-order valence-electron chi connectivity index (χ1n) is 6.58. The van der Waals surface area contributed by atoms with Gasteiger partial charge in [-0.1, -0.05) is 0 Å². The Labute approximate surface area is 151 Å². The van der Waals surface area contributed by atoms with Crippen LogP contribution in [-0.4, -0.2) is 30.5 Å². The number of hydrogen-bond acceptors (Lipinski definition) is 4. The van der Waals surface area contributed by atoms with E-state index in [9.17, 15) is 4.79 Å². The molecule has 0 radical (unpaired) electrons. The van der Waals surface area contributed by atoms with E-state index in [0.717, 1.165) is 11.4 Å². The first-order chi connectivity index (χ1) is 10.7. The number of nitrogens with two attached hydrogens (primary N) is 1. The Kier molecular flexibility index (Phi) is 7.81. The highest BCUT2D eigenvalue weighted by atomic mass is 127. The smallest absolute Gasteiger partial charge is 0.246 e. The van der Waals surface area contributed by atoms with E-state index >= 15 is 0 Å². The minimum atomic E-state index is -0.271. The first kappa shape index (κ1) is 18.7. The van der Waals surface area contributed by atoms with Gasteiger partial charge in [-0.05, 0) is 36.4 Å². The van der Waals surface area contributed by atoms with Crippen molar-refractivity contribution in [1.29, 1.82) is 0 Å². The van der Waals surface area contributed by atoms with Crippen LogP contribution in [0.1, 0.15) is 0 Å².